The molecule has 0 unspecified atom stereocenters. The lowest BCUT2D eigenvalue weighted by molar-refractivity contribution is 0.175. The molecule has 5 rings (SSSR count). The zero-order valence-corrected chi connectivity index (χ0v) is 20.1. The van der Waals surface area contributed by atoms with Crippen LogP contribution in [0, 0.1) is 5.82 Å². The maximum absolute atomic E-state index is 13.3. The molecule has 36 heavy (non-hydrogen) atoms. The second-order valence-corrected chi connectivity index (χ2v) is 8.86. The van der Waals surface area contributed by atoms with Crippen LogP contribution < -0.4 is 15.6 Å². The summed E-state index contributed by atoms with van der Waals surface area (Å²) in [6, 6.07) is 11.4. The summed E-state index contributed by atoms with van der Waals surface area (Å²) in [7, 11) is 2.12. The summed E-state index contributed by atoms with van der Waals surface area (Å²) in [5, 5.41) is 3.40. The third kappa shape index (κ3) is 4.99. The summed E-state index contributed by atoms with van der Waals surface area (Å²) in [4.78, 5) is 29.1. The van der Waals surface area contributed by atoms with E-state index in [1.807, 2.05) is 12.1 Å². The largest absolute Gasteiger partial charge is 0.474 e. The monoisotopic (exact) mass is 489 g/mol. The van der Waals surface area contributed by atoms with Gasteiger partial charge in [0.2, 0.25) is 11.8 Å². The molecule has 0 bridgehead atoms. The predicted molar refractivity (Wildman–Crippen MR) is 137 cm³/mol. The molecule has 3 aromatic heterocycles. The summed E-state index contributed by atoms with van der Waals surface area (Å²) in [5.74, 6) is 0.934. The second-order valence-electron chi connectivity index (χ2n) is 8.86. The minimum atomic E-state index is -0.337. The molecule has 1 fully saturated rings. The van der Waals surface area contributed by atoms with E-state index in [1.54, 1.807) is 29.0 Å². The quantitative estimate of drug-likeness (QED) is 0.394. The Bertz CT molecular complexity index is 1430. The number of benzene rings is 1. The van der Waals surface area contributed by atoms with Crippen LogP contribution in [0.1, 0.15) is 19.3 Å². The van der Waals surface area contributed by atoms with Gasteiger partial charge in [0, 0.05) is 24.5 Å². The maximum Gasteiger partial charge on any atom is 0.278 e. The number of halogens is 1. The molecule has 4 heterocycles. The third-order valence-electron chi connectivity index (χ3n) is 6.19. The van der Waals surface area contributed by atoms with E-state index >= 15 is 0 Å². The summed E-state index contributed by atoms with van der Waals surface area (Å²) in [6.07, 6.45) is 6.18. The standard InChI is InChI=1S/C26H28FN7O2/c1-3-14-33-25(35)21-17-28-26(29-19-11-9-18(27)10-12-19)31-24(21)34(33)22-7-4-8-23(30-22)36-20-6-5-15-32(2)16-13-20/h3-4,7-12,17,20H,1,5-6,13-16H2,2H3,(H,28,29,31)/t20-/m0/s1. The van der Waals surface area contributed by atoms with Gasteiger partial charge < -0.3 is 15.0 Å². The molecule has 0 saturated carbocycles. The summed E-state index contributed by atoms with van der Waals surface area (Å²) in [5.41, 5.74) is 0.762. The number of fused-ring (bicyclic) bond motifs is 1. The van der Waals surface area contributed by atoms with Crippen molar-refractivity contribution in [2.75, 3.05) is 25.5 Å². The van der Waals surface area contributed by atoms with Crippen LogP contribution in [0.4, 0.5) is 16.0 Å². The number of pyridine rings is 1. The Morgan fingerprint density at radius 3 is 2.81 bits per heavy atom. The Morgan fingerprint density at radius 2 is 2.00 bits per heavy atom. The van der Waals surface area contributed by atoms with E-state index in [1.165, 1.54) is 23.0 Å². The molecule has 1 aliphatic heterocycles. The van der Waals surface area contributed by atoms with Crippen LogP contribution in [0.3, 0.4) is 0 Å². The summed E-state index contributed by atoms with van der Waals surface area (Å²) < 4.78 is 22.7. The van der Waals surface area contributed by atoms with Gasteiger partial charge in [-0.15, -0.1) is 6.58 Å². The van der Waals surface area contributed by atoms with Gasteiger partial charge in [-0.05, 0) is 63.2 Å². The molecule has 0 aliphatic carbocycles. The lowest BCUT2D eigenvalue weighted by Gasteiger charge is -2.17. The molecule has 1 N–H and O–H groups in total. The van der Waals surface area contributed by atoms with Crippen LogP contribution >= 0.6 is 0 Å². The third-order valence-corrected chi connectivity index (χ3v) is 6.19. The number of allylic oxidation sites excluding steroid dienone is 1. The van der Waals surface area contributed by atoms with Gasteiger partial charge in [0.15, 0.2) is 11.5 Å². The Labute approximate surface area is 207 Å². The number of hydrogen-bond donors (Lipinski definition) is 1. The molecular formula is C26H28FN7O2. The highest BCUT2D eigenvalue weighted by Gasteiger charge is 2.20. The van der Waals surface area contributed by atoms with Gasteiger partial charge >= 0.3 is 0 Å². The first-order valence-corrected chi connectivity index (χ1v) is 12.0. The van der Waals surface area contributed by atoms with Crippen molar-refractivity contribution in [2.45, 2.75) is 31.9 Å². The normalized spacial score (nSPS) is 16.6. The van der Waals surface area contributed by atoms with Gasteiger partial charge in [0.1, 0.15) is 17.3 Å². The van der Waals surface area contributed by atoms with E-state index in [9.17, 15) is 9.18 Å². The Kier molecular flexibility index (Phi) is 6.77. The molecule has 0 amide bonds. The Balaban J connectivity index is 1.52. The summed E-state index contributed by atoms with van der Waals surface area (Å²) in [6.45, 7) is 6.09. The number of aromatic nitrogens is 5. The van der Waals surface area contributed by atoms with Gasteiger partial charge in [-0.25, -0.2) is 18.7 Å². The van der Waals surface area contributed by atoms with Crippen LogP contribution in [0.25, 0.3) is 16.9 Å². The highest BCUT2D eigenvalue weighted by molar-refractivity contribution is 5.77. The number of ether oxygens (including phenoxy) is 1. The van der Waals surface area contributed by atoms with Crippen molar-refractivity contribution in [1.82, 2.24) is 29.2 Å². The first kappa shape index (κ1) is 23.7. The molecule has 1 aliphatic rings. The smallest absolute Gasteiger partial charge is 0.278 e. The van der Waals surface area contributed by atoms with Crippen molar-refractivity contribution in [2.24, 2.45) is 0 Å². The van der Waals surface area contributed by atoms with Crippen LogP contribution in [-0.2, 0) is 6.54 Å². The fraction of sp³-hybridized carbons (Fsp3) is 0.308. The van der Waals surface area contributed by atoms with Crippen molar-refractivity contribution in [1.29, 1.82) is 0 Å². The molecule has 1 atom stereocenters. The molecule has 186 valence electrons. The fourth-order valence-electron chi connectivity index (χ4n) is 4.36. The van der Waals surface area contributed by atoms with Crippen molar-refractivity contribution >= 4 is 22.7 Å². The number of likely N-dealkylation sites (tertiary alicyclic amines) is 1. The highest BCUT2D eigenvalue weighted by Crippen LogP contribution is 2.22. The van der Waals surface area contributed by atoms with E-state index in [0.717, 1.165) is 32.4 Å². The molecule has 0 radical (unpaired) electrons. The van der Waals surface area contributed by atoms with Crippen LogP contribution in [0.15, 0.2) is 66.1 Å². The molecule has 4 aromatic rings. The average molecular weight is 490 g/mol. The van der Waals surface area contributed by atoms with Crippen LogP contribution in [0.5, 0.6) is 5.88 Å². The molecule has 10 heteroatoms. The molecule has 1 aromatic carbocycles. The predicted octanol–water partition coefficient (Wildman–Crippen LogP) is 3.91. The van der Waals surface area contributed by atoms with Crippen molar-refractivity contribution in [3.63, 3.8) is 0 Å². The van der Waals surface area contributed by atoms with Gasteiger partial charge in [-0.3, -0.25) is 4.79 Å². The average Bonchev–Trinajstić information content (AvgIpc) is 2.99. The second kappa shape index (κ2) is 10.3. The van der Waals surface area contributed by atoms with Gasteiger partial charge in [0.25, 0.3) is 5.56 Å². The van der Waals surface area contributed by atoms with Crippen LogP contribution in [-0.4, -0.2) is 55.5 Å². The van der Waals surface area contributed by atoms with E-state index in [0.29, 0.717) is 28.4 Å². The van der Waals surface area contributed by atoms with Gasteiger partial charge in [0.05, 0.1) is 6.54 Å². The molecule has 1 saturated heterocycles. The lowest BCUT2D eigenvalue weighted by atomic mass is 10.2. The minimum Gasteiger partial charge on any atom is -0.474 e. The first-order chi connectivity index (χ1) is 17.5. The summed E-state index contributed by atoms with van der Waals surface area (Å²) >= 11 is 0. The maximum atomic E-state index is 13.3. The van der Waals surface area contributed by atoms with Crippen molar-refractivity contribution in [3.8, 4) is 11.7 Å². The minimum absolute atomic E-state index is 0.0864. The lowest BCUT2D eigenvalue weighted by Crippen LogP contribution is -2.23. The van der Waals surface area contributed by atoms with Gasteiger partial charge in [-0.2, -0.15) is 9.97 Å². The first-order valence-electron chi connectivity index (χ1n) is 12.0. The zero-order chi connectivity index (χ0) is 25.1. The van der Waals surface area contributed by atoms with Crippen molar-refractivity contribution in [3.05, 3.63) is 77.5 Å². The highest BCUT2D eigenvalue weighted by atomic mass is 19.1. The topological polar surface area (TPSA) is 90.1 Å². The number of nitrogens with one attached hydrogen (secondary N) is 1. The fourth-order valence-corrected chi connectivity index (χ4v) is 4.36. The number of nitrogens with zero attached hydrogens (tertiary/aromatic N) is 6. The van der Waals surface area contributed by atoms with Crippen molar-refractivity contribution < 1.29 is 9.13 Å². The molecular weight excluding hydrogens is 461 g/mol. The van der Waals surface area contributed by atoms with Crippen LogP contribution in [0.2, 0.25) is 0 Å². The Hall–Kier alpha value is -4.05. The van der Waals surface area contributed by atoms with E-state index in [-0.39, 0.29) is 30.0 Å². The van der Waals surface area contributed by atoms with E-state index in [4.69, 9.17) is 9.72 Å². The van der Waals surface area contributed by atoms with Gasteiger partial charge in [-0.1, -0.05) is 12.1 Å². The molecule has 0 spiro atoms. The van der Waals surface area contributed by atoms with E-state index < -0.39 is 0 Å². The Morgan fingerprint density at radius 1 is 1.17 bits per heavy atom. The number of anilines is 2. The zero-order valence-electron chi connectivity index (χ0n) is 20.1. The molecule has 9 nitrogen and oxygen atoms in total. The SMILES string of the molecule is C=CCn1c(=O)c2cnc(Nc3ccc(F)cc3)nc2n1-c1cccc(O[C@H]2CCCN(C)CC2)n1. The number of rotatable bonds is 7. The van der Waals surface area contributed by atoms with E-state index in [2.05, 4.69) is 33.8 Å². The number of hydrogen-bond acceptors (Lipinski definition) is 7.